The van der Waals surface area contributed by atoms with Crippen LogP contribution in [0.1, 0.15) is 105 Å². The molecule has 2 aromatic carbocycles. The van der Waals surface area contributed by atoms with E-state index < -0.39 is 17.6 Å². The number of benzene rings is 2. The van der Waals surface area contributed by atoms with Gasteiger partial charge in [-0.05, 0) is 87.3 Å². The zero-order valence-electron chi connectivity index (χ0n) is 40.7. The monoisotopic (exact) mass is 968 g/mol. The maximum absolute atomic E-state index is 13.9. The van der Waals surface area contributed by atoms with Crippen LogP contribution in [0.25, 0.3) is 11.0 Å². The number of aromatic nitrogens is 8. The fourth-order valence-electron chi connectivity index (χ4n) is 8.40. The largest absolute Gasteiger partial charge is 0.416 e. The highest BCUT2D eigenvalue weighted by Gasteiger charge is 2.34. The van der Waals surface area contributed by atoms with Crippen LogP contribution >= 0.6 is 0 Å². The summed E-state index contributed by atoms with van der Waals surface area (Å²) in [4.78, 5) is 35.7. The van der Waals surface area contributed by atoms with E-state index in [0.29, 0.717) is 66.2 Å². The lowest BCUT2D eigenvalue weighted by Crippen LogP contribution is -2.44. The molecule has 5 aromatic heterocycles. The first-order chi connectivity index (χ1) is 34.2. The lowest BCUT2D eigenvalue weighted by Gasteiger charge is -2.33. The van der Waals surface area contributed by atoms with E-state index in [1.807, 2.05) is 31.0 Å². The second kappa shape index (κ2) is 21.5. The Morgan fingerprint density at radius 3 is 2.39 bits per heavy atom. The number of nitrogens with one attached hydrogen (secondary N) is 4. The van der Waals surface area contributed by atoms with E-state index in [0.717, 1.165) is 84.9 Å². The zero-order valence-corrected chi connectivity index (χ0v) is 40.7. The van der Waals surface area contributed by atoms with Gasteiger partial charge in [0.25, 0.3) is 5.91 Å². The number of alkyl halides is 3. The third-order valence-corrected chi connectivity index (χ3v) is 13.0. The second-order valence-electron chi connectivity index (χ2n) is 19.0. The fraction of sp³-hybridized carbons (Fsp3) is 0.404. The maximum Gasteiger partial charge on any atom is 0.416 e. The Bertz CT molecular complexity index is 3020. The summed E-state index contributed by atoms with van der Waals surface area (Å²) in [6, 6.07) is 17.1. The number of rotatable bonds is 12. The molecule has 0 unspecified atom stereocenters. The molecule has 0 radical (unpaired) electrons. The predicted octanol–water partition coefficient (Wildman–Crippen LogP) is 7.83. The van der Waals surface area contributed by atoms with Crippen molar-refractivity contribution in [1.29, 1.82) is 0 Å². The molecule has 1 aliphatic carbocycles. The summed E-state index contributed by atoms with van der Waals surface area (Å²) in [5, 5.41) is 25.4. The van der Waals surface area contributed by atoms with Crippen LogP contribution in [0.3, 0.4) is 0 Å². The summed E-state index contributed by atoms with van der Waals surface area (Å²) in [5.74, 6) is 8.94. The minimum atomic E-state index is -4.54. The summed E-state index contributed by atoms with van der Waals surface area (Å²) in [6.07, 6.45) is 1.96. The molecule has 19 heteroatoms. The lowest BCUT2D eigenvalue weighted by atomic mass is 10.0. The topological polar surface area (TPSA) is 176 Å². The molecule has 2 aliphatic heterocycles. The minimum Gasteiger partial charge on any atom is -0.359 e. The van der Waals surface area contributed by atoms with Gasteiger partial charge in [-0.2, -0.15) is 28.4 Å². The van der Waals surface area contributed by atoms with E-state index in [1.54, 1.807) is 30.6 Å². The van der Waals surface area contributed by atoms with E-state index >= 15 is 0 Å². The number of hydrogen-bond acceptors (Lipinski definition) is 13. The number of carbonyl (C=O) groups excluding carboxylic acids is 1. The first-order valence-electron chi connectivity index (χ1n) is 24.1. The number of amides is 1. The maximum atomic E-state index is 13.9. The van der Waals surface area contributed by atoms with Crippen molar-refractivity contribution in [2.75, 3.05) is 82.0 Å². The molecular weight excluding hydrogens is 910 g/mol. The van der Waals surface area contributed by atoms with E-state index in [1.165, 1.54) is 30.7 Å². The van der Waals surface area contributed by atoms with Gasteiger partial charge in [0.15, 0.2) is 11.4 Å². The van der Waals surface area contributed by atoms with Gasteiger partial charge < -0.3 is 29.9 Å². The Hall–Kier alpha value is -7.14. The van der Waals surface area contributed by atoms with Crippen molar-refractivity contribution in [2.45, 2.75) is 71.1 Å². The normalized spacial score (nSPS) is 15.9. The highest BCUT2D eigenvalue weighted by atomic mass is 19.4. The molecule has 2 saturated heterocycles. The average molecular weight is 969 g/mol. The van der Waals surface area contributed by atoms with Crippen LogP contribution in [0, 0.1) is 18.8 Å². The molecule has 4 N–H and O–H groups in total. The van der Waals surface area contributed by atoms with E-state index in [4.69, 9.17) is 14.5 Å². The van der Waals surface area contributed by atoms with Crippen molar-refractivity contribution in [3.63, 3.8) is 0 Å². The van der Waals surface area contributed by atoms with Crippen LogP contribution in [-0.4, -0.2) is 128 Å². The Morgan fingerprint density at radius 2 is 1.66 bits per heavy atom. The van der Waals surface area contributed by atoms with E-state index in [9.17, 15) is 18.0 Å². The summed E-state index contributed by atoms with van der Waals surface area (Å²) in [7, 11) is 4.16. The SMILES string of the molecule is CC(C)c1cc(CNc2nc(Cc3cc(C4CC4)n[nH]3)cc(N3CCN(C)CC3)n2)on1.Cc1ccc(C(=O)Nc2ccc(CN3CCN(C)CC3)c(C(F)(F)F)c2)cc1C#Cc1cnc2[nH]ncc2c1. The fourth-order valence-corrected chi connectivity index (χ4v) is 8.40. The van der Waals surface area contributed by atoms with Crippen LogP contribution < -0.4 is 15.5 Å². The zero-order chi connectivity index (χ0) is 49.6. The number of hydrogen-bond donors (Lipinski definition) is 4. The highest BCUT2D eigenvalue weighted by Crippen LogP contribution is 2.39. The Morgan fingerprint density at radius 1 is 0.887 bits per heavy atom. The molecule has 1 saturated carbocycles. The lowest BCUT2D eigenvalue weighted by molar-refractivity contribution is -0.138. The van der Waals surface area contributed by atoms with Crippen molar-refractivity contribution in [3.05, 3.63) is 135 Å². The van der Waals surface area contributed by atoms with Gasteiger partial charge >= 0.3 is 6.18 Å². The molecule has 0 spiro atoms. The number of halogens is 3. The number of pyridine rings is 1. The molecule has 3 fully saturated rings. The number of H-pyrrole nitrogens is 2. The summed E-state index contributed by atoms with van der Waals surface area (Å²) < 4.78 is 47.3. The average Bonchev–Trinajstić information content (AvgIpc) is 3.65. The minimum absolute atomic E-state index is 0.0853. The number of likely N-dealkylation sites (N-methyl/N-ethyl adjacent to an activating group) is 2. The molecule has 16 nitrogen and oxygen atoms in total. The van der Waals surface area contributed by atoms with Crippen molar-refractivity contribution < 1.29 is 22.5 Å². The van der Waals surface area contributed by atoms with Crippen LogP contribution in [0.4, 0.5) is 30.6 Å². The smallest absolute Gasteiger partial charge is 0.359 e. The van der Waals surface area contributed by atoms with Crippen LogP contribution in [0.2, 0.25) is 0 Å². The third kappa shape index (κ3) is 12.8. The Labute approximate surface area is 410 Å². The first kappa shape index (κ1) is 48.9. The second-order valence-corrected chi connectivity index (χ2v) is 19.0. The molecule has 1 amide bonds. The number of aromatic amines is 2. The molecule has 71 heavy (non-hydrogen) atoms. The van der Waals surface area contributed by atoms with Gasteiger partial charge in [-0.15, -0.1) is 0 Å². The third-order valence-electron chi connectivity index (χ3n) is 13.0. The van der Waals surface area contributed by atoms with Crippen molar-refractivity contribution in [2.24, 2.45) is 0 Å². The van der Waals surface area contributed by atoms with Crippen LogP contribution in [-0.2, 0) is 25.7 Å². The summed E-state index contributed by atoms with van der Waals surface area (Å²) >= 11 is 0. The molecule has 7 heterocycles. The van der Waals surface area contributed by atoms with Gasteiger partial charge in [0.1, 0.15) is 5.82 Å². The van der Waals surface area contributed by atoms with Crippen molar-refractivity contribution in [3.8, 4) is 11.8 Å². The number of aryl methyl sites for hydroxylation is 1. The molecule has 0 atom stereocenters. The predicted molar refractivity (Wildman–Crippen MR) is 266 cm³/mol. The number of anilines is 3. The van der Waals surface area contributed by atoms with Gasteiger partial charge in [0.2, 0.25) is 5.95 Å². The summed E-state index contributed by atoms with van der Waals surface area (Å²) in [5.41, 5.74) is 6.90. The van der Waals surface area contributed by atoms with Gasteiger partial charge in [0.05, 0.1) is 35.4 Å². The summed E-state index contributed by atoms with van der Waals surface area (Å²) in [6.45, 7) is 13.8. The van der Waals surface area contributed by atoms with E-state index in [-0.39, 0.29) is 17.8 Å². The molecule has 7 aromatic rings. The Balaban J connectivity index is 0.000000179. The first-order valence-corrected chi connectivity index (χ1v) is 24.1. The highest BCUT2D eigenvalue weighted by molar-refractivity contribution is 6.04. The van der Waals surface area contributed by atoms with Gasteiger partial charge in [-0.25, -0.2) is 9.97 Å². The standard InChI is InChI=1S/C29H27F3N6O.C23H32N8O/c1-19-3-5-22(14-21(19)6-4-20-13-24-17-34-36-27(24)33-16-20)28(39)35-25-8-7-23(26(15-25)29(30,31)32)18-38-11-9-37(2)10-12-38;1-15(2)20-13-19(32-29-20)14-24-23-25-17(10-18-11-21(28-27-18)16-4-5-16)12-22(26-23)31-8-6-30(3)7-9-31/h3,5,7-8,13-17H,9-12,18H2,1-2H3,(H,35,39)(H,33,34,36);11-13,15-16H,4-10,14H2,1-3H3,(H,27,28)(H,24,25,26). The molecule has 0 bridgehead atoms. The molecular formula is C52H59F3N14O2. The van der Waals surface area contributed by atoms with Crippen molar-refractivity contribution >= 4 is 34.4 Å². The molecule has 3 aliphatic rings. The number of carbonyl (C=O) groups is 1. The van der Waals surface area contributed by atoms with Crippen LogP contribution in [0.5, 0.6) is 0 Å². The Kier molecular flexibility index (Phi) is 14.8. The quantitative estimate of drug-likeness (QED) is 0.0873. The number of piperazine rings is 2. The van der Waals surface area contributed by atoms with Crippen LogP contribution in [0.15, 0.2) is 77.6 Å². The van der Waals surface area contributed by atoms with Gasteiger partial charge in [0, 0.05) is 123 Å². The molecule has 370 valence electrons. The van der Waals surface area contributed by atoms with Crippen molar-refractivity contribution in [1.82, 2.24) is 55.2 Å². The molecule has 10 rings (SSSR count). The number of fused-ring (bicyclic) bond motifs is 1. The van der Waals surface area contributed by atoms with Gasteiger partial charge in [-0.3, -0.25) is 19.9 Å². The van der Waals surface area contributed by atoms with Gasteiger partial charge in [-0.1, -0.05) is 43.0 Å². The number of nitrogens with zero attached hydrogens (tertiary/aromatic N) is 10. The van der Waals surface area contributed by atoms with E-state index in [2.05, 4.69) is 101 Å².